The van der Waals surface area contributed by atoms with E-state index in [0.29, 0.717) is 42.4 Å². The predicted molar refractivity (Wildman–Crippen MR) is 138 cm³/mol. The number of ether oxygens (including phenoxy) is 2. The van der Waals surface area contributed by atoms with Crippen LogP contribution in [0.5, 0.6) is 5.75 Å². The fourth-order valence-corrected chi connectivity index (χ4v) is 3.30. The fraction of sp³-hybridized carbons (Fsp3) is 0.192. The maximum Gasteiger partial charge on any atom is 0.257 e. The minimum absolute atomic E-state index is 0.115. The smallest absolute Gasteiger partial charge is 0.257 e. The topological polar surface area (TPSA) is 88.7 Å². The molecule has 3 aromatic rings. The van der Waals surface area contributed by atoms with Crippen LogP contribution in [0.2, 0.25) is 0 Å². The number of hydrogen-bond acceptors (Lipinski definition) is 5. The lowest BCUT2D eigenvalue weighted by Crippen LogP contribution is -2.34. The Morgan fingerprint density at radius 1 is 0.824 bits per heavy atom. The van der Waals surface area contributed by atoms with E-state index in [1.165, 1.54) is 0 Å². The van der Waals surface area contributed by atoms with Crippen LogP contribution >= 0.6 is 12.2 Å². The zero-order valence-electron chi connectivity index (χ0n) is 19.1. The van der Waals surface area contributed by atoms with Gasteiger partial charge in [-0.25, -0.2) is 0 Å². The van der Waals surface area contributed by atoms with Gasteiger partial charge in [0.15, 0.2) is 5.11 Å². The molecule has 7 nitrogen and oxygen atoms in total. The van der Waals surface area contributed by atoms with Crippen LogP contribution in [0.4, 0.5) is 11.4 Å². The van der Waals surface area contributed by atoms with Crippen molar-refractivity contribution in [2.75, 3.05) is 30.5 Å². The first-order valence-corrected chi connectivity index (χ1v) is 11.3. The lowest BCUT2D eigenvalue weighted by molar-refractivity contribution is 0.0974. The molecule has 0 fully saturated rings. The van der Waals surface area contributed by atoms with E-state index in [1.807, 2.05) is 38.1 Å². The number of anilines is 2. The summed E-state index contributed by atoms with van der Waals surface area (Å²) in [5.74, 6) is -0.0509. The molecule has 3 aromatic carbocycles. The molecule has 3 rings (SSSR count). The second kappa shape index (κ2) is 12.5. The number of carbonyl (C=O) groups excluding carboxylic acids is 2. The molecule has 8 heteroatoms. The molecule has 0 radical (unpaired) electrons. The Hall–Kier alpha value is -3.75. The van der Waals surface area contributed by atoms with Crippen LogP contribution in [0.1, 0.15) is 33.2 Å². The van der Waals surface area contributed by atoms with Crippen molar-refractivity contribution in [3.05, 3.63) is 89.5 Å². The number of thiocarbonyl (C=S) groups is 1. The Morgan fingerprint density at radius 3 is 2.24 bits per heavy atom. The molecule has 0 atom stereocenters. The van der Waals surface area contributed by atoms with E-state index in [1.54, 1.807) is 48.5 Å². The summed E-state index contributed by atoms with van der Waals surface area (Å²) in [5, 5.41) is 8.57. The fourth-order valence-electron chi connectivity index (χ4n) is 3.09. The van der Waals surface area contributed by atoms with E-state index in [4.69, 9.17) is 21.7 Å². The largest absolute Gasteiger partial charge is 0.491 e. The molecule has 0 heterocycles. The van der Waals surface area contributed by atoms with Gasteiger partial charge in [0.1, 0.15) is 12.4 Å². The van der Waals surface area contributed by atoms with Crippen molar-refractivity contribution in [3.63, 3.8) is 0 Å². The Balaban J connectivity index is 1.56. The first-order valence-electron chi connectivity index (χ1n) is 10.9. The Labute approximate surface area is 204 Å². The molecule has 0 saturated heterocycles. The molecule has 34 heavy (non-hydrogen) atoms. The molecule has 0 spiro atoms. The van der Waals surface area contributed by atoms with Crippen molar-refractivity contribution in [2.45, 2.75) is 13.8 Å². The summed E-state index contributed by atoms with van der Waals surface area (Å²) in [6.07, 6.45) is 0. The molecular weight excluding hydrogens is 450 g/mol. The molecule has 3 N–H and O–H groups in total. The number of amides is 2. The Morgan fingerprint density at radius 2 is 1.50 bits per heavy atom. The third kappa shape index (κ3) is 7.68. The minimum atomic E-state index is -0.374. The highest BCUT2D eigenvalue weighted by Crippen LogP contribution is 2.16. The van der Waals surface area contributed by atoms with Gasteiger partial charge in [-0.3, -0.25) is 14.9 Å². The van der Waals surface area contributed by atoms with Crippen LogP contribution in [-0.4, -0.2) is 36.7 Å². The van der Waals surface area contributed by atoms with Gasteiger partial charge in [0.25, 0.3) is 11.8 Å². The molecular formula is C26H27N3O4S. The Bertz CT molecular complexity index is 1170. The summed E-state index contributed by atoms with van der Waals surface area (Å²) >= 11 is 5.28. The lowest BCUT2D eigenvalue weighted by atomic mass is 10.1. The molecule has 0 unspecified atom stereocenters. The zero-order chi connectivity index (χ0) is 24.3. The van der Waals surface area contributed by atoms with Gasteiger partial charge in [0, 0.05) is 29.1 Å². The van der Waals surface area contributed by atoms with Crippen LogP contribution in [0.3, 0.4) is 0 Å². The molecule has 0 bridgehead atoms. The van der Waals surface area contributed by atoms with Gasteiger partial charge < -0.3 is 20.1 Å². The number of hydrogen-bond donors (Lipinski definition) is 3. The highest BCUT2D eigenvalue weighted by atomic mass is 32.1. The maximum atomic E-state index is 12.6. The quantitative estimate of drug-likeness (QED) is 0.303. The number of nitrogens with one attached hydrogen (secondary N) is 3. The Kier molecular flexibility index (Phi) is 9.13. The monoisotopic (exact) mass is 477 g/mol. The number of carbonyl (C=O) groups is 2. The van der Waals surface area contributed by atoms with E-state index >= 15 is 0 Å². The number of rotatable bonds is 9. The summed E-state index contributed by atoms with van der Waals surface area (Å²) in [7, 11) is 0. The lowest BCUT2D eigenvalue weighted by Gasteiger charge is -2.12. The molecule has 2 amide bonds. The van der Waals surface area contributed by atoms with Crippen molar-refractivity contribution in [2.24, 2.45) is 0 Å². The number of aryl methyl sites for hydroxylation is 1. The molecule has 0 aliphatic carbocycles. The average molecular weight is 478 g/mol. The SMILES string of the molecule is CCOCCOc1cccc(C(=O)NC(=S)Nc2cccc(C(=O)Nc3cccc(C)c3)c2)c1. The van der Waals surface area contributed by atoms with Crippen molar-refractivity contribution in [1.82, 2.24) is 5.32 Å². The van der Waals surface area contributed by atoms with E-state index in [9.17, 15) is 9.59 Å². The molecule has 176 valence electrons. The van der Waals surface area contributed by atoms with Crippen molar-refractivity contribution >= 4 is 40.5 Å². The minimum Gasteiger partial charge on any atom is -0.491 e. The van der Waals surface area contributed by atoms with Crippen LogP contribution in [-0.2, 0) is 4.74 Å². The second-order valence-electron chi connectivity index (χ2n) is 7.39. The van der Waals surface area contributed by atoms with Crippen LogP contribution in [0.25, 0.3) is 0 Å². The van der Waals surface area contributed by atoms with E-state index in [2.05, 4.69) is 16.0 Å². The van der Waals surface area contributed by atoms with Crippen molar-refractivity contribution < 1.29 is 19.1 Å². The maximum absolute atomic E-state index is 12.6. The van der Waals surface area contributed by atoms with Gasteiger partial charge >= 0.3 is 0 Å². The second-order valence-corrected chi connectivity index (χ2v) is 7.79. The van der Waals surface area contributed by atoms with Crippen molar-refractivity contribution in [1.29, 1.82) is 0 Å². The van der Waals surface area contributed by atoms with Crippen molar-refractivity contribution in [3.8, 4) is 5.75 Å². The van der Waals surface area contributed by atoms with Crippen LogP contribution in [0.15, 0.2) is 72.8 Å². The van der Waals surface area contributed by atoms with Gasteiger partial charge in [0.2, 0.25) is 0 Å². The van der Waals surface area contributed by atoms with Crippen LogP contribution < -0.4 is 20.7 Å². The first-order chi connectivity index (χ1) is 16.4. The first kappa shape index (κ1) is 24.9. The summed E-state index contributed by atoms with van der Waals surface area (Å²) in [4.78, 5) is 25.2. The summed E-state index contributed by atoms with van der Waals surface area (Å²) < 4.78 is 10.8. The average Bonchev–Trinajstić information content (AvgIpc) is 2.82. The summed E-state index contributed by atoms with van der Waals surface area (Å²) in [6.45, 7) is 5.37. The third-order valence-corrected chi connectivity index (χ3v) is 4.89. The van der Waals surface area contributed by atoms with Gasteiger partial charge in [-0.2, -0.15) is 0 Å². The van der Waals surface area contributed by atoms with Gasteiger partial charge in [0.05, 0.1) is 6.61 Å². The highest BCUT2D eigenvalue weighted by Gasteiger charge is 2.11. The standard InChI is InChI=1S/C26H27N3O4S/c1-3-32-13-14-33-23-12-6-9-20(17-23)25(31)29-26(34)28-22-11-5-8-19(16-22)24(30)27-21-10-4-7-18(2)15-21/h4-12,15-17H,3,13-14H2,1-2H3,(H,27,30)(H2,28,29,31,34). The highest BCUT2D eigenvalue weighted by molar-refractivity contribution is 7.80. The number of benzene rings is 3. The third-order valence-electron chi connectivity index (χ3n) is 4.68. The van der Waals surface area contributed by atoms with Gasteiger partial charge in [-0.15, -0.1) is 0 Å². The zero-order valence-corrected chi connectivity index (χ0v) is 19.9. The molecule has 0 aliphatic heterocycles. The molecule has 0 saturated carbocycles. The summed E-state index contributed by atoms with van der Waals surface area (Å²) in [5.41, 5.74) is 3.21. The van der Waals surface area contributed by atoms with E-state index < -0.39 is 0 Å². The normalized spacial score (nSPS) is 10.3. The van der Waals surface area contributed by atoms with Gasteiger partial charge in [-0.05, 0) is 80.2 Å². The molecule has 0 aliphatic rings. The van der Waals surface area contributed by atoms with E-state index in [-0.39, 0.29) is 16.9 Å². The van der Waals surface area contributed by atoms with E-state index in [0.717, 1.165) is 11.3 Å². The predicted octanol–water partition coefficient (Wildman–Crippen LogP) is 4.79. The summed E-state index contributed by atoms with van der Waals surface area (Å²) in [6, 6.07) is 21.2. The molecule has 0 aromatic heterocycles. The van der Waals surface area contributed by atoms with Gasteiger partial charge in [-0.1, -0.05) is 24.3 Å². The van der Waals surface area contributed by atoms with Crippen LogP contribution in [0, 0.1) is 6.92 Å².